The zero-order valence-electron chi connectivity index (χ0n) is 11.3. The van der Waals surface area contributed by atoms with Crippen molar-refractivity contribution in [2.75, 3.05) is 5.43 Å². The van der Waals surface area contributed by atoms with Crippen molar-refractivity contribution < 1.29 is 9.90 Å². The Labute approximate surface area is 126 Å². The van der Waals surface area contributed by atoms with E-state index >= 15 is 0 Å². The van der Waals surface area contributed by atoms with Crippen molar-refractivity contribution in [2.24, 2.45) is 5.10 Å². The van der Waals surface area contributed by atoms with Crippen LogP contribution in [-0.2, 0) is 0 Å². The second-order valence-electron chi connectivity index (χ2n) is 4.23. The molecule has 2 aromatic carbocycles. The standard InChI is InChI=1S/C16H10N4O2/c17-9-13(10-18)20-19-12-5-3-4-11(8-12)14-6-1-2-7-15(14)16(21)22/h1-8,19H,(H,21,22). The fraction of sp³-hybridized carbons (Fsp3) is 0. The van der Waals surface area contributed by atoms with Crippen molar-refractivity contribution in [3.05, 3.63) is 54.1 Å². The van der Waals surface area contributed by atoms with Gasteiger partial charge in [0.15, 0.2) is 0 Å². The Bertz CT molecular complexity index is 813. The summed E-state index contributed by atoms with van der Waals surface area (Å²) in [6.45, 7) is 0. The number of hydrazone groups is 1. The van der Waals surface area contributed by atoms with Crippen LogP contribution in [0.3, 0.4) is 0 Å². The maximum atomic E-state index is 11.3. The lowest BCUT2D eigenvalue weighted by molar-refractivity contribution is 0.0697. The number of aromatic carboxylic acids is 1. The molecule has 0 bridgehead atoms. The summed E-state index contributed by atoms with van der Waals surface area (Å²) in [5.74, 6) is -1.01. The van der Waals surface area contributed by atoms with Gasteiger partial charge in [-0.25, -0.2) is 4.79 Å². The van der Waals surface area contributed by atoms with Gasteiger partial charge in [-0.2, -0.15) is 15.6 Å². The highest BCUT2D eigenvalue weighted by atomic mass is 16.4. The molecule has 0 unspecified atom stereocenters. The number of hydrogen-bond acceptors (Lipinski definition) is 5. The van der Waals surface area contributed by atoms with Gasteiger partial charge in [0.25, 0.3) is 0 Å². The highest BCUT2D eigenvalue weighted by molar-refractivity contribution is 6.10. The molecule has 0 amide bonds. The van der Waals surface area contributed by atoms with Crippen molar-refractivity contribution in [3.8, 4) is 23.3 Å². The molecule has 0 radical (unpaired) electrons. The third-order valence-corrected chi connectivity index (χ3v) is 2.84. The normalized spacial score (nSPS) is 9.18. The van der Waals surface area contributed by atoms with E-state index in [1.807, 2.05) is 0 Å². The molecule has 0 aliphatic heterocycles. The molecule has 2 N–H and O–H groups in total. The molecule has 6 heteroatoms. The Morgan fingerprint density at radius 1 is 1.09 bits per heavy atom. The van der Waals surface area contributed by atoms with E-state index < -0.39 is 5.97 Å². The predicted octanol–water partition coefficient (Wildman–Crippen LogP) is 2.87. The molecule has 6 nitrogen and oxygen atoms in total. The quantitative estimate of drug-likeness (QED) is 0.664. The molecule has 2 aromatic rings. The van der Waals surface area contributed by atoms with E-state index in [0.717, 1.165) is 0 Å². The number of nitriles is 2. The van der Waals surface area contributed by atoms with Crippen LogP contribution in [0, 0.1) is 22.7 Å². The van der Waals surface area contributed by atoms with Crippen molar-refractivity contribution in [3.63, 3.8) is 0 Å². The van der Waals surface area contributed by atoms with Gasteiger partial charge in [0.1, 0.15) is 12.1 Å². The monoisotopic (exact) mass is 290 g/mol. The van der Waals surface area contributed by atoms with Crippen molar-refractivity contribution in [1.82, 2.24) is 0 Å². The Hall–Kier alpha value is -3.64. The zero-order chi connectivity index (χ0) is 15.9. The van der Waals surface area contributed by atoms with Crippen LogP contribution in [0.4, 0.5) is 5.69 Å². The highest BCUT2D eigenvalue weighted by Gasteiger charge is 2.10. The summed E-state index contributed by atoms with van der Waals surface area (Å²) in [5, 5.41) is 30.1. The van der Waals surface area contributed by atoms with E-state index in [9.17, 15) is 9.90 Å². The number of carboxylic acids is 1. The first-order valence-corrected chi connectivity index (χ1v) is 6.22. The molecule has 106 valence electrons. The maximum absolute atomic E-state index is 11.3. The van der Waals surface area contributed by atoms with Gasteiger partial charge in [-0.3, -0.25) is 5.43 Å². The Balaban J connectivity index is 2.38. The summed E-state index contributed by atoms with van der Waals surface area (Å²) in [6.07, 6.45) is 0. The number of carbonyl (C=O) groups is 1. The van der Waals surface area contributed by atoms with Crippen LogP contribution in [0.2, 0.25) is 0 Å². The molecule has 0 heterocycles. The first-order chi connectivity index (χ1) is 10.7. The van der Waals surface area contributed by atoms with Gasteiger partial charge in [-0.1, -0.05) is 30.3 Å². The SMILES string of the molecule is N#CC(C#N)=NNc1cccc(-c2ccccc2C(=O)O)c1. The summed E-state index contributed by atoms with van der Waals surface area (Å²) in [7, 11) is 0. The van der Waals surface area contributed by atoms with E-state index in [1.165, 1.54) is 6.07 Å². The first kappa shape index (κ1) is 14.8. The molecule has 0 fully saturated rings. The number of anilines is 1. The second kappa shape index (κ2) is 6.69. The average molecular weight is 290 g/mol. The lowest BCUT2D eigenvalue weighted by Gasteiger charge is -2.08. The molecule has 0 saturated carbocycles. The van der Waals surface area contributed by atoms with E-state index in [0.29, 0.717) is 16.8 Å². The van der Waals surface area contributed by atoms with Gasteiger partial charge in [-0.05, 0) is 29.3 Å². The largest absolute Gasteiger partial charge is 0.478 e. The van der Waals surface area contributed by atoms with Crippen LogP contribution < -0.4 is 5.43 Å². The lowest BCUT2D eigenvalue weighted by Crippen LogP contribution is -2.00. The second-order valence-corrected chi connectivity index (χ2v) is 4.23. The van der Waals surface area contributed by atoms with Crippen LogP contribution in [0.1, 0.15) is 10.4 Å². The average Bonchev–Trinajstić information content (AvgIpc) is 2.56. The number of nitrogens with zero attached hydrogens (tertiary/aromatic N) is 3. The molecule has 0 aromatic heterocycles. The molecule has 22 heavy (non-hydrogen) atoms. The van der Waals surface area contributed by atoms with Gasteiger partial charge in [0, 0.05) is 0 Å². The van der Waals surface area contributed by atoms with E-state index in [2.05, 4.69) is 10.5 Å². The van der Waals surface area contributed by atoms with Crippen molar-refractivity contribution in [1.29, 1.82) is 10.5 Å². The van der Waals surface area contributed by atoms with Gasteiger partial charge in [-0.15, -0.1) is 0 Å². The minimum atomic E-state index is -1.01. The number of carboxylic acid groups (broad SMARTS) is 1. The summed E-state index contributed by atoms with van der Waals surface area (Å²) in [4.78, 5) is 11.3. The molecule has 0 aliphatic carbocycles. The van der Waals surface area contributed by atoms with Crippen LogP contribution in [0.15, 0.2) is 53.6 Å². The minimum absolute atomic E-state index is 0.192. The zero-order valence-corrected chi connectivity index (χ0v) is 11.3. The number of rotatable bonds is 4. The minimum Gasteiger partial charge on any atom is -0.478 e. The Morgan fingerprint density at radius 2 is 1.82 bits per heavy atom. The topological polar surface area (TPSA) is 109 Å². The summed E-state index contributed by atoms with van der Waals surface area (Å²) < 4.78 is 0. The number of benzene rings is 2. The summed E-state index contributed by atoms with van der Waals surface area (Å²) in [6, 6.07) is 16.8. The van der Waals surface area contributed by atoms with Crippen molar-refractivity contribution in [2.45, 2.75) is 0 Å². The number of nitrogens with one attached hydrogen (secondary N) is 1. The fourth-order valence-electron chi connectivity index (χ4n) is 1.87. The first-order valence-electron chi connectivity index (χ1n) is 6.22. The molecule has 2 rings (SSSR count). The summed E-state index contributed by atoms with van der Waals surface area (Å²) >= 11 is 0. The third-order valence-electron chi connectivity index (χ3n) is 2.84. The molecule has 0 saturated heterocycles. The Morgan fingerprint density at radius 3 is 2.50 bits per heavy atom. The van der Waals surface area contributed by atoms with E-state index in [1.54, 1.807) is 54.6 Å². The predicted molar refractivity (Wildman–Crippen MR) is 81.1 cm³/mol. The van der Waals surface area contributed by atoms with Crippen LogP contribution in [0.25, 0.3) is 11.1 Å². The molecule has 0 aliphatic rings. The van der Waals surface area contributed by atoms with Gasteiger partial charge in [0.2, 0.25) is 5.71 Å². The molecular formula is C16H10N4O2. The van der Waals surface area contributed by atoms with Gasteiger partial charge >= 0.3 is 5.97 Å². The molecular weight excluding hydrogens is 280 g/mol. The smallest absolute Gasteiger partial charge is 0.336 e. The van der Waals surface area contributed by atoms with Crippen LogP contribution in [0.5, 0.6) is 0 Å². The maximum Gasteiger partial charge on any atom is 0.336 e. The Kier molecular flexibility index (Phi) is 4.49. The van der Waals surface area contributed by atoms with E-state index in [4.69, 9.17) is 10.5 Å². The van der Waals surface area contributed by atoms with Gasteiger partial charge in [0.05, 0.1) is 11.3 Å². The lowest BCUT2D eigenvalue weighted by atomic mass is 9.99. The highest BCUT2D eigenvalue weighted by Crippen LogP contribution is 2.26. The van der Waals surface area contributed by atoms with E-state index in [-0.39, 0.29) is 11.3 Å². The van der Waals surface area contributed by atoms with Gasteiger partial charge < -0.3 is 5.11 Å². The molecule has 0 atom stereocenters. The van der Waals surface area contributed by atoms with Crippen molar-refractivity contribution >= 4 is 17.4 Å². The third kappa shape index (κ3) is 3.27. The number of hydrogen-bond donors (Lipinski definition) is 2. The fourth-order valence-corrected chi connectivity index (χ4v) is 1.87. The molecule has 0 spiro atoms. The van der Waals surface area contributed by atoms with Crippen LogP contribution in [-0.4, -0.2) is 16.8 Å². The summed E-state index contributed by atoms with van der Waals surface area (Å²) in [5.41, 5.74) is 4.30. The van der Waals surface area contributed by atoms with Crippen LogP contribution >= 0.6 is 0 Å².